The third kappa shape index (κ3) is 4.93. The zero-order valence-electron chi connectivity index (χ0n) is 10.9. The minimum Gasteiger partial charge on any atom is -0.351 e. The fourth-order valence-electron chi connectivity index (χ4n) is 1.32. The predicted octanol–water partition coefficient (Wildman–Crippen LogP) is 1.20. The van der Waals surface area contributed by atoms with Crippen molar-refractivity contribution in [1.29, 1.82) is 0 Å². The summed E-state index contributed by atoms with van der Waals surface area (Å²) in [5.41, 5.74) is 1.60. The normalized spacial score (nSPS) is 11.6. The van der Waals surface area contributed by atoms with Crippen molar-refractivity contribution in [3.8, 4) is 0 Å². The molecule has 0 saturated heterocycles. The van der Waals surface area contributed by atoms with Crippen LogP contribution in [0.25, 0.3) is 0 Å². The molecule has 1 amide bonds. The molecule has 0 saturated carbocycles. The number of carbonyl (C=O) groups is 1. The summed E-state index contributed by atoms with van der Waals surface area (Å²) in [6.45, 7) is 0.0968. The molecule has 0 spiro atoms. The molecule has 0 aliphatic rings. The smallest absolute Gasteiger partial charge is 0.251 e. The van der Waals surface area contributed by atoms with E-state index < -0.39 is 10.0 Å². The molecule has 0 fully saturated rings. The molecule has 0 heterocycles. The molecule has 106 valence electrons. The zero-order valence-corrected chi connectivity index (χ0v) is 13.3. The van der Waals surface area contributed by atoms with Gasteiger partial charge in [-0.3, -0.25) is 4.79 Å². The van der Waals surface area contributed by atoms with E-state index >= 15 is 0 Å². The van der Waals surface area contributed by atoms with E-state index in [4.69, 9.17) is 0 Å². The molecule has 1 N–H and O–H groups in total. The van der Waals surface area contributed by atoms with E-state index in [9.17, 15) is 13.2 Å². The second-order valence-corrected chi connectivity index (χ2v) is 7.05. The average molecular weight is 349 g/mol. The van der Waals surface area contributed by atoms with Gasteiger partial charge in [-0.05, 0) is 17.7 Å². The highest BCUT2D eigenvalue weighted by atomic mass is 79.9. The van der Waals surface area contributed by atoms with Crippen LogP contribution in [-0.4, -0.2) is 45.0 Å². The maximum absolute atomic E-state index is 11.8. The lowest BCUT2D eigenvalue weighted by Crippen LogP contribution is -2.33. The molecule has 0 radical (unpaired) electrons. The molecule has 0 bridgehead atoms. The minimum absolute atomic E-state index is 0.0968. The van der Waals surface area contributed by atoms with Crippen molar-refractivity contribution in [1.82, 2.24) is 9.62 Å². The van der Waals surface area contributed by atoms with Crippen LogP contribution in [0, 0.1) is 0 Å². The first-order valence-corrected chi connectivity index (χ1v) is 8.43. The molecule has 1 aromatic carbocycles. The number of alkyl halides is 1. The largest absolute Gasteiger partial charge is 0.351 e. The first-order valence-electron chi connectivity index (χ1n) is 5.70. The molecule has 19 heavy (non-hydrogen) atoms. The maximum Gasteiger partial charge on any atom is 0.251 e. The number of sulfonamides is 1. The third-order valence-electron chi connectivity index (χ3n) is 2.57. The Morgan fingerprint density at radius 3 is 2.32 bits per heavy atom. The van der Waals surface area contributed by atoms with E-state index in [1.165, 1.54) is 14.1 Å². The standard InChI is InChI=1S/C12H17BrN2O3S/c1-15(2)19(17,18)8-7-14-12(16)11-5-3-10(9-13)4-6-11/h3-6H,7-9H2,1-2H3,(H,14,16). The summed E-state index contributed by atoms with van der Waals surface area (Å²) in [7, 11) is -0.337. The Kier molecular flexibility index (Phi) is 5.96. The van der Waals surface area contributed by atoms with Gasteiger partial charge in [0.25, 0.3) is 5.91 Å². The first kappa shape index (κ1) is 16.1. The van der Waals surface area contributed by atoms with Gasteiger partial charge >= 0.3 is 0 Å². The molecule has 0 atom stereocenters. The van der Waals surface area contributed by atoms with Crippen molar-refractivity contribution in [3.05, 3.63) is 35.4 Å². The van der Waals surface area contributed by atoms with Crippen LogP contribution >= 0.6 is 15.9 Å². The molecule has 0 aromatic heterocycles. The highest BCUT2D eigenvalue weighted by molar-refractivity contribution is 9.08. The number of hydrogen-bond donors (Lipinski definition) is 1. The molecular formula is C12H17BrN2O3S. The second-order valence-electron chi connectivity index (χ2n) is 4.18. The van der Waals surface area contributed by atoms with Gasteiger partial charge < -0.3 is 5.32 Å². The van der Waals surface area contributed by atoms with Crippen LogP contribution in [0.1, 0.15) is 15.9 Å². The lowest BCUT2D eigenvalue weighted by atomic mass is 10.1. The van der Waals surface area contributed by atoms with Crippen molar-refractivity contribution in [2.45, 2.75) is 5.33 Å². The fraction of sp³-hybridized carbons (Fsp3) is 0.417. The summed E-state index contributed by atoms with van der Waals surface area (Å²) in [5, 5.41) is 3.32. The summed E-state index contributed by atoms with van der Waals surface area (Å²) in [6, 6.07) is 7.12. The number of halogens is 1. The van der Waals surface area contributed by atoms with Gasteiger partial charge in [-0.25, -0.2) is 12.7 Å². The van der Waals surface area contributed by atoms with Crippen LogP contribution < -0.4 is 5.32 Å². The Hall–Kier alpha value is -0.920. The number of nitrogens with zero attached hydrogens (tertiary/aromatic N) is 1. The molecule has 0 aliphatic carbocycles. The molecule has 5 nitrogen and oxygen atoms in total. The van der Waals surface area contributed by atoms with Crippen molar-refractivity contribution < 1.29 is 13.2 Å². The maximum atomic E-state index is 11.8. The molecule has 1 aromatic rings. The van der Waals surface area contributed by atoms with Gasteiger partial charge in [-0.1, -0.05) is 28.1 Å². The van der Waals surface area contributed by atoms with Crippen LogP contribution in [0.15, 0.2) is 24.3 Å². The second kappa shape index (κ2) is 7.02. The van der Waals surface area contributed by atoms with Gasteiger partial charge in [0, 0.05) is 31.5 Å². The van der Waals surface area contributed by atoms with E-state index in [0.717, 1.165) is 15.2 Å². The lowest BCUT2D eigenvalue weighted by molar-refractivity contribution is 0.0956. The van der Waals surface area contributed by atoms with E-state index in [1.807, 2.05) is 12.1 Å². The van der Waals surface area contributed by atoms with Gasteiger partial charge in [-0.15, -0.1) is 0 Å². The van der Waals surface area contributed by atoms with E-state index in [-0.39, 0.29) is 18.2 Å². The molecule has 0 unspecified atom stereocenters. The van der Waals surface area contributed by atoms with Crippen LogP contribution in [0.2, 0.25) is 0 Å². The van der Waals surface area contributed by atoms with Crippen molar-refractivity contribution in [2.24, 2.45) is 0 Å². The zero-order chi connectivity index (χ0) is 14.5. The first-order chi connectivity index (χ1) is 8.86. The Morgan fingerprint density at radius 1 is 1.26 bits per heavy atom. The van der Waals surface area contributed by atoms with Crippen molar-refractivity contribution in [2.75, 3.05) is 26.4 Å². The van der Waals surface area contributed by atoms with E-state index in [0.29, 0.717) is 5.56 Å². The van der Waals surface area contributed by atoms with Gasteiger partial charge in [0.15, 0.2) is 0 Å². The molecule has 1 rings (SSSR count). The summed E-state index contributed by atoms with van der Waals surface area (Å²) < 4.78 is 24.1. The van der Waals surface area contributed by atoms with Gasteiger partial charge in [0.1, 0.15) is 0 Å². The van der Waals surface area contributed by atoms with Gasteiger partial charge in [0.2, 0.25) is 10.0 Å². The third-order valence-corrected chi connectivity index (χ3v) is 5.05. The topological polar surface area (TPSA) is 66.5 Å². The van der Waals surface area contributed by atoms with Gasteiger partial charge in [-0.2, -0.15) is 0 Å². The SMILES string of the molecule is CN(C)S(=O)(=O)CCNC(=O)c1ccc(CBr)cc1. The highest BCUT2D eigenvalue weighted by Gasteiger charge is 2.14. The number of rotatable bonds is 6. The number of nitrogens with one attached hydrogen (secondary N) is 1. The Bertz CT molecular complexity index is 526. The van der Waals surface area contributed by atoms with Crippen molar-refractivity contribution in [3.63, 3.8) is 0 Å². The average Bonchev–Trinajstić information content (AvgIpc) is 2.38. The summed E-state index contributed by atoms with van der Waals surface area (Å²) in [6.07, 6.45) is 0. The predicted molar refractivity (Wildman–Crippen MR) is 78.9 cm³/mol. The monoisotopic (exact) mass is 348 g/mol. The van der Waals surface area contributed by atoms with Crippen molar-refractivity contribution >= 4 is 31.9 Å². The van der Waals surface area contributed by atoms with Crippen LogP contribution in [0.3, 0.4) is 0 Å². The minimum atomic E-state index is -3.27. The quantitative estimate of drug-likeness (QED) is 0.785. The Morgan fingerprint density at radius 2 is 1.84 bits per heavy atom. The molecule has 0 aliphatic heterocycles. The fourth-order valence-corrected chi connectivity index (χ4v) is 2.42. The summed E-state index contributed by atoms with van der Waals surface area (Å²) in [5.74, 6) is -0.374. The van der Waals surface area contributed by atoms with Crippen LogP contribution in [-0.2, 0) is 15.4 Å². The lowest BCUT2D eigenvalue weighted by Gasteiger charge is -2.11. The summed E-state index contributed by atoms with van der Waals surface area (Å²) >= 11 is 3.32. The van der Waals surface area contributed by atoms with E-state index in [1.54, 1.807) is 12.1 Å². The van der Waals surface area contributed by atoms with Crippen LogP contribution in [0.5, 0.6) is 0 Å². The van der Waals surface area contributed by atoms with E-state index in [2.05, 4.69) is 21.2 Å². The number of amides is 1. The summed E-state index contributed by atoms with van der Waals surface area (Å²) in [4.78, 5) is 11.8. The Balaban J connectivity index is 2.52. The molecular weight excluding hydrogens is 332 g/mol. The van der Waals surface area contributed by atoms with Crippen LogP contribution in [0.4, 0.5) is 0 Å². The molecule has 7 heteroatoms. The number of benzene rings is 1. The Labute approximate surface area is 122 Å². The van der Waals surface area contributed by atoms with Gasteiger partial charge in [0.05, 0.1) is 5.75 Å². The number of carbonyl (C=O) groups excluding carboxylic acids is 1. The number of hydrogen-bond acceptors (Lipinski definition) is 3. The highest BCUT2D eigenvalue weighted by Crippen LogP contribution is 2.07.